The lowest BCUT2D eigenvalue weighted by molar-refractivity contribution is -0.384. The molecule has 1 aliphatic heterocycles. The second-order valence-electron chi connectivity index (χ2n) is 7.51. The van der Waals surface area contributed by atoms with Gasteiger partial charge in [-0.05, 0) is 29.8 Å². The Balaban J connectivity index is 1.71. The van der Waals surface area contributed by atoms with Gasteiger partial charge in [-0.2, -0.15) is 5.10 Å². The van der Waals surface area contributed by atoms with Crippen LogP contribution >= 0.6 is 0 Å². The van der Waals surface area contributed by atoms with Gasteiger partial charge in [-0.15, -0.1) is 0 Å². The van der Waals surface area contributed by atoms with Crippen LogP contribution in [0.25, 0.3) is 11.3 Å². The number of carbonyl (C=O) groups excluding carboxylic acids is 1. The number of nitrogens with zero attached hydrogens (tertiary/aromatic N) is 3. The lowest BCUT2D eigenvalue weighted by Crippen LogP contribution is -2.29. The summed E-state index contributed by atoms with van der Waals surface area (Å²) in [5.41, 5.74) is 3.24. The molecule has 5 rings (SSSR count). The van der Waals surface area contributed by atoms with E-state index in [2.05, 4.69) is 10.2 Å². The molecule has 3 aromatic carbocycles. The zero-order valence-electron chi connectivity index (χ0n) is 17.0. The third kappa shape index (κ3) is 3.32. The average molecular weight is 440 g/mol. The third-order valence-corrected chi connectivity index (χ3v) is 5.60. The molecule has 0 bridgehead atoms. The Morgan fingerprint density at radius 3 is 2.42 bits per heavy atom. The number of carbonyl (C=O) groups is 2. The number of H-pyrrole nitrogens is 1. The van der Waals surface area contributed by atoms with Crippen LogP contribution in [-0.4, -0.2) is 32.1 Å². The lowest BCUT2D eigenvalue weighted by Gasteiger charge is -2.26. The van der Waals surface area contributed by atoms with Crippen molar-refractivity contribution in [3.05, 3.63) is 111 Å². The number of hydrogen-bond donors (Lipinski definition) is 2. The minimum Gasteiger partial charge on any atom is -0.478 e. The molecule has 0 radical (unpaired) electrons. The van der Waals surface area contributed by atoms with Crippen LogP contribution in [0, 0.1) is 10.1 Å². The molecule has 0 aliphatic carbocycles. The number of nitro groups is 1. The normalized spacial score (nSPS) is 14.8. The molecule has 1 amide bonds. The first-order chi connectivity index (χ1) is 16.0. The fraction of sp³-hybridized carbons (Fsp3) is 0.0417. The van der Waals surface area contributed by atoms with Gasteiger partial charge in [0.25, 0.3) is 11.6 Å². The van der Waals surface area contributed by atoms with Crippen molar-refractivity contribution in [2.45, 2.75) is 6.04 Å². The molecular formula is C24H16N4O5. The fourth-order valence-corrected chi connectivity index (χ4v) is 4.12. The Hall–Kier alpha value is -4.79. The highest BCUT2D eigenvalue weighted by molar-refractivity contribution is 6.12. The third-order valence-electron chi connectivity index (χ3n) is 5.60. The first-order valence-electron chi connectivity index (χ1n) is 10.0. The number of nitrogens with one attached hydrogen (secondary N) is 1. The van der Waals surface area contributed by atoms with E-state index in [1.165, 1.54) is 29.2 Å². The summed E-state index contributed by atoms with van der Waals surface area (Å²) in [7, 11) is 0. The minimum absolute atomic E-state index is 0.0856. The van der Waals surface area contributed by atoms with Crippen LogP contribution in [0.15, 0.2) is 78.9 Å². The van der Waals surface area contributed by atoms with Crippen LogP contribution in [0.4, 0.5) is 11.4 Å². The number of rotatable bonds is 5. The summed E-state index contributed by atoms with van der Waals surface area (Å²) in [6.45, 7) is 0. The summed E-state index contributed by atoms with van der Waals surface area (Å²) in [5, 5.41) is 27.8. The molecule has 9 nitrogen and oxygen atoms in total. The maximum atomic E-state index is 13.5. The Labute approximate surface area is 187 Å². The number of aromatic nitrogens is 2. The zero-order valence-corrected chi connectivity index (χ0v) is 17.0. The van der Waals surface area contributed by atoms with E-state index in [0.29, 0.717) is 22.5 Å². The number of aromatic carboxylic acids is 1. The summed E-state index contributed by atoms with van der Waals surface area (Å²) in [6, 6.07) is 20.7. The van der Waals surface area contributed by atoms with Crippen LogP contribution < -0.4 is 4.90 Å². The van der Waals surface area contributed by atoms with Gasteiger partial charge in [0, 0.05) is 28.9 Å². The molecule has 1 aliphatic rings. The standard InChI is InChI=1S/C24H16N4O5/c29-23-21-19(20(25-26-21)14-5-2-1-3-6-14)22(16-7-4-8-18(13-16)28(32)33)27(23)17-11-9-15(10-12-17)24(30)31/h1-13,22H,(H,25,26)(H,30,31)/t22-/m0/s1. The number of aromatic amines is 1. The van der Waals surface area contributed by atoms with Gasteiger partial charge < -0.3 is 5.11 Å². The number of amides is 1. The van der Waals surface area contributed by atoms with Gasteiger partial charge in [0.05, 0.1) is 22.2 Å². The maximum absolute atomic E-state index is 13.5. The quantitative estimate of drug-likeness (QED) is 0.349. The topological polar surface area (TPSA) is 129 Å². The Kier molecular flexibility index (Phi) is 4.71. The summed E-state index contributed by atoms with van der Waals surface area (Å²) < 4.78 is 0. The number of nitro benzene ring substituents is 1. The van der Waals surface area contributed by atoms with Crippen molar-refractivity contribution in [2.75, 3.05) is 4.90 Å². The van der Waals surface area contributed by atoms with Crippen LogP contribution in [0.3, 0.4) is 0 Å². The lowest BCUT2D eigenvalue weighted by atomic mass is 9.95. The van der Waals surface area contributed by atoms with E-state index in [0.717, 1.165) is 5.56 Å². The van der Waals surface area contributed by atoms with Gasteiger partial charge in [0.2, 0.25) is 0 Å². The first-order valence-corrected chi connectivity index (χ1v) is 10.0. The van der Waals surface area contributed by atoms with Crippen molar-refractivity contribution >= 4 is 23.3 Å². The van der Waals surface area contributed by atoms with E-state index in [-0.39, 0.29) is 22.9 Å². The largest absolute Gasteiger partial charge is 0.478 e. The first kappa shape index (κ1) is 20.1. The predicted octanol–water partition coefficient (Wildman–Crippen LogP) is 4.43. The predicted molar refractivity (Wildman–Crippen MR) is 119 cm³/mol. The number of benzene rings is 3. The molecule has 4 aromatic rings. The van der Waals surface area contributed by atoms with Crippen molar-refractivity contribution in [3.8, 4) is 11.3 Å². The summed E-state index contributed by atoms with van der Waals surface area (Å²) in [6.07, 6.45) is 0. The van der Waals surface area contributed by atoms with E-state index < -0.39 is 16.9 Å². The molecule has 1 aromatic heterocycles. The van der Waals surface area contributed by atoms with Crippen molar-refractivity contribution in [3.63, 3.8) is 0 Å². The van der Waals surface area contributed by atoms with E-state index in [1.54, 1.807) is 24.3 Å². The fourth-order valence-electron chi connectivity index (χ4n) is 4.12. The number of hydrogen-bond acceptors (Lipinski definition) is 5. The van der Waals surface area contributed by atoms with E-state index in [9.17, 15) is 24.8 Å². The number of anilines is 1. The molecule has 9 heteroatoms. The molecule has 1 atom stereocenters. The summed E-state index contributed by atoms with van der Waals surface area (Å²) in [4.78, 5) is 37.2. The van der Waals surface area contributed by atoms with Gasteiger partial charge in [-0.25, -0.2) is 4.79 Å². The van der Waals surface area contributed by atoms with Crippen molar-refractivity contribution in [1.29, 1.82) is 0 Å². The number of fused-ring (bicyclic) bond motifs is 1. The van der Waals surface area contributed by atoms with Gasteiger partial charge in [0.15, 0.2) is 0 Å². The van der Waals surface area contributed by atoms with Crippen LogP contribution in [0.2, 0.25) is 0 Å². The second-order valence-corrected chi connectivity index (χ2v) is 7.51. The highest BCUT2D eigenvalue weighted by Gasteiger charge is 2.43. The van der Waals surface area contributed by atoms with E-state index in [1.807, 2.05) is 30.3 Å². The number of carboxylic acids is 1. The van der Waals surface area contributed by atoms with E-state index in [4.69, 9.17) is 0 Å². The molecule has 0 spiro atoms. The van der Waals surface area contributed by atoms with Gasteiger partial charge in [-0.3, -0.25) is 24.9 Å². The molecule has 0 unspecified atom stereocenters. The molecule has 0 fully saturated rings. The van der Waals surface area contributed by atoms with Crippen LogP contribution in [-0.2, 0) is 0 Å². The molecule has 162 valence electrons. The number of carboxylic acid groups (broad SMARTS) is 1. The Morgan fingerprint density at radius 1 is 1.03 bits per heavy atom. The van der Waals surface area contributed by atoms with Crippen molar-refractivity contribution in [1.82, 2.24) is 10.2 Å². The maximum Gasteiger partial charge on any atom is 0.335 e. The van der Waals surface area contributed by atoms with Crippen molar-refractivity contribution < 1.29 is 19.6 Å². The summed E-state index contributed by atoms with van der Waals surface area (Å²) in [5.74, 6) is -1.44. The zero-order chi connectivity index (χ0) is 23.1. The SMILES string of the molecule is O=C(O)c1ccc(N2C(=O)c3[nH]nc(-c4ccccc4)c3[C@@H]2c2cccc([N+](=O)[O-])c2)cc1. The van der Waals surface area contributed by atoms with Crippen LogP contribution in [0.5, 0.6) is 0 Å². The Bertz CT molecular complexity index is 1400. The van der Waals surface area contributed by atoms with Crippen LogP contribution in [0.1, 0.15) is 38.0 Å². The second kappa shape index (κ2) is 7.72. The minimum atomic E-state index is -1.08. The molecule has 33 heavy (non-hydrogen) atoms. The number of non-ortho nitro benzene ring substituents is 1. The Morgan fingerprint density at radius 2 is 1.76 bits per heavy atom. The highest BCUT2D eigenvalue weighted by Crippen LogP contribution is 2.45. The molecular weight excluding hydrogens is 424 g/mol. The molecule has 2 heterocycles. The monoisotopic (exact) mass is 440 g/mol. The van der Waals surface area contributed by atoms with Gasteiger partial charge in [0.1, 0.15) is 5.69 Å². The van der Waals surface area contributed by atoms with E-state index >= 15 is 0 Å². The van der Waals surface area contributed by atoms with Gasteiger partial charge in [-0.1, -0.05) is 42.5 Å². The molecule has 0 saturated heterocycles. The van der Waals surface area contributed by atoms with Gasteiger partial charge >= 0.3 is 5.97 Å². The summed E-state index contributed by atoms with van der Waals surface area (Å²) >= 11 is 0. The van der Waals surface area contributed by atoms with Crippen molar-refractivity contribution in [2.24, 2.45) is 0 Å². The highest BCUT2D eigenvalue weighted by atomic mass is 16.6. The molecule has 2 N–H and O–H groups in total. The average Bonchev–Trinajstić information content (AvgIpc) is 3.38. The smallest absolute Gasteiger partial charge is 0.335 e. The molecule has 0 saturated carbocycles.